The number of carbonyl (C=O) groups is 2. The predicted molar refractivity (Wildman–Crippen MR) is 110 cm³/mol. The number of amides is 2. The van der Waals surface area contributed by atoms with Crippen molar-refractivity contribution < 1.29 is 18.0 Å². The van der Waals surface area contributed by atoms with Crippen LogP contribution in [0.3, 0.4) is 0 Å². The molecular formula is C19H21N3O4S2. The maximum Gasteiger partial charge on any atom is 0.243 e. The second-order valence-electron chi connectivity index (χ2n) is 6.33. The third-order valence-electron chi connectivity index (χ3n) is 4.27. The number of sulfonamides is 1. The largest absolute Gasteiger partial charge is 0.326 e. The Labute approximate surface area is 168 Å². The predicted octanol–water partition coefficient (Wildman–Crippen LogP) is 2.40. The van der Waals surface area contributed by atoms with Crippen molar-refractivity contribution in [3.05, 3.63) is 48.5 Å². The molecule has 3 rings (SSSR count). The molecule has 0 bridgehead atoms. The molecule has 2 aromatic carbocycles. The summed E-state index contributed by atoms with van der Waals surface area (Å²) in [7, 11) is -2.44. The molecule has 0 spiro atoms. The van der Waals surface area contributed by atoms with Crippen molar-refractivity contribution in [1.82, 2.24) is 4.31 Å². The molecule has 1 aliphatic heterocycles. The van der Waals surface area contributed by atoms with Crippen LogP contribution in [0.25, 0.3) is 0 Å². The first kappa shape index (κ1) is 20.4. The summed E-state index contributed by atoms with van der Waals surface area (Å²) < 4.78 is 26.6. The zero-order valence-corrected chi connectivity index (χ0v) is 17.2. The van der Waals surface area contributed by atoms with Crippen LogP contribution in [-0.4, -0.2) is 50.4 Å². The van der Waals surface area contributed by atoms with Gasteiger partial charge in [0.25, 0.3) is 0 Å². The maximum absolute atomic E-state index is 12.8. The SMILES string of the molecule is CC(=O)Nc1ccc(S(=O)(=O)N(C)CC(=O)N2CCSc3ccccc32)cc1. The van der Waals surface area contributed by atoms with E-state index in [9.17, 15) is 18.0 Å². The highest BCUT2D eigenvalue weighted by Gasteiger charge is 2.28. The Balaban J connectivity index is 1.74. The van der Waals surface area contributed by atoms with E-state index in [4.69, 9.17) is 0 Å². The molecule has 148 valence electrons. The summed E-state index contributed by atoms with van der Waals surface area (Å²) in [5.74, 6) is 0.260. The molecule has 0 saturated carbocycles. The fourth-order valence-electron chi connectivity index (χ4n) is 2.88. The van der Waals surface area contributed by atoms with Gasteiger partial charge in [0.05, 0.1) is 17.1 Å². The summed E-state index contributed by atoms with van der Waals surface area (Å²) in [6, 6.07) is 13.5. The van der Waals surface area contributed by atoms with E-state index in [0.29, 0.717) is 12.2 Å². The minimum Gasteiger partial charge on any atom is -0.326 e. The van der Waals surface area contributed by atoms with Crippen molar-refractivity contribution in [1.29, 1.82) is 0 Å². The van der Waals surface area contributed by atoms with E-state index >= 15 is 0 Å². The number of hydrogen-bond donors (Lipinski definition) is 1. The van der Waals surface area contributed by atoms with E-state index in [-0.39, 0.29) is 23.3 Å². The zero-order valence-electron chi connectivity index (χ0n) is 15.6. The Bertz CT molecular complexity index is 990. The highest BCUT2D eigenvalue weighted by molar-refractivity contribution is 7.99. The van der Waals surface area contributed by atoms with Crippen LogP contribution in [0.2, 0.25) is 0 Å². The molecule has 0 unspecified atom stereocenters. The van der Waals surface area contributed by atoms with Crippen molar-refractivity contribution in [2.75, 3.05) is 36.1 Å². The number of anilines is 2. The number of rotatable bonds is 5. The molecule has 0 fully saturated rings. The third-order valence-corrected chi connectivity index (χ3v) is 7.13. The van der Waals surface area contributed by atoms with Crippen LogP contribution >= 0.6 is 11.8 Å². The number of benzene rings is 2. The molecule has 7 nitrogen and oxygen atoms in total. The second kappa shape index (κ2) is 8.34. The van der Waals surface area contributed by atoms with Crippen LogP contribution in [0, 0.1) is 0 Å². The number of thioether (sulfide) groups is 1. The topological polar surface area (TPSA) is 86.8 Å². The summed E-state index contributed by atoms with van der Waals surface area (Å²) in [5.41, 5.74) is 1.32. The molecular weight excluding hydrogens is 398 g/mol. The van der Waals surface area contributed by atoms with Gasteiger partial charge in [-0.15, -0.1) is 11.8 Å². The first-order valence-corrected chi connectivity index (χ1v) is 11.1. The number of nitrogens with zero attached hydrogens (tertiary/aromatic N) is 2. The van der Waals surface area contributed by atoms with Crippen LogP contribution in [0.4, 0.5) is 11.4 Å². The minimum atomic E-state index is -3.83. The van der Waals surface area contributed by atoms with Gasteiger partial charge >= 0.3 is 0 Å². The van der Waals surface area contributed by atoms with E-state index in [2.05, 4.69) is 5.32 Å². The number of hydrogen-bond acceptors (Lipinski definition) is 5. The monoisotopic (exact) mass is 419 g/mol. The molecule has 1 heterocycles. The molecule has 9 heteroatoms. The first-order chi connectivity index (χ1) is 13.3. The van der Waals surface area contributed by atoms with Gasteiger partial charge in [-0.25, -0.2) is 8.42 Å². The number of carbonyl (C=O) groups excluding carboxylic acids is 2. The van der Waals surface area contributed by atoms with Crippen molar-refractivity contribution in [2.24, 2.45) is 0 Å². The Hall–Kier alpha value is -2.36. The lowest BCUT2D eigenvalue weighted by Gasteiger charge is -2.30. The molecule has 0 radical (unpaired) electrons. The molecule has 0 saturated heterocycles. The van der Waals surface area contributed by atoms with Gasteiger partial charge in [0.15, 0.2) is 0 Å². The maximum atomic E-state index is 12.8. The fraction of sp³-hybridized carbons (Fsp3) is 0.263. The average molecular weight is 420 g/mol. The van der Waals surface area contributed by atoms with Gasteiger partial charge < -0.3 is 10.2 Å². The van der Waals surface area contributed by atoms with Gasteiger partial charge in [0.2, 0.25) is 21.8 Å². The van der Waals surface area contributed by atoms with Crippen LogP contribution in [-0.2, 0) is 19.6 Å². The second-order valence-corrected chi connectivity index (χ2v) is 9.51. The molecule has 1 aliphatic rings. The quantitative estimate of drug-likeness (QED) is 0.804. The lowest BCUT2D eigenvalue weighted by molar-refractivity contribution is -0.118. The van der Waals surface area contributed by atoms with E-state index in [1.807, 2.05) is 24.3 Å². The van der Waals surface area contributed by atoms with Gasteiger partial charge in [-0.2, -0.15) is 4.31 Å². The lowest BCUT2D eigenvalue weighted by Crippen LogP contribution is -2.43. The van der Waals surface area contributed by atoms with Gasteiger partial charge in [0.1, 0.15) is 0 Å². The van der Waals surface area contributed by atoms with E-state index in [1.165, 1.54) is 38.2 Å². The van der Waals surface area contributed by atoms with E-state index in [0.717, 1.165) is 20.6 Å². The van der Waals surface area contributed by atoms with Crippen molar-refractivity contribution in [3.8, 4) is 0 Å². The fourth-order valence-corrected chi connectivity index (χ4v) is 5.00. The Morgan fingerprint density at radius 2 is 1.82 bits per heavy atom. The zero-order chi connectivity index (χ0) is 20.3. The van der Waals surface area contributed by atoms with Gasteiger partial charge in [0, 0.05) is 36.9 Å². The number of para-hydroxylation sites is 1. The third kappa shape index (κ3) is 4.37. The molecule has 0 atom stereocenters. The van der Waals surface area contributed by atoms with Crippen LogP contribution in [0.5, 0.6) is 0 Å². The van der Waals surface area contributed by atoms with Crippen LogP contribution in [0.15, 0.2) is 58.3 Å². The Morgan fingerprint density at radius 1 is 1.14 bits per heavy atom. The first-order valence-electron chi connectivity index (χ1n) is 8.65. The number of fused-ring (bicyclic) bond motifs is 1. The summed E-state index contributed by atoms with van der Waals surface area (Å²) in [4.78, 5) is 26.6. The standard InChI is InChI=1S/C19H21N3O4S2/c1-14(23)20-15-7-9-16(10-8-15)28(25,26)21(2)13-19(24)22-11-12-27-18-6-4-3-5-17(18)22/h3-10H,11-13H2,1-2H3,(H,20,23). The van der Waals surface area contributed by atoms with Gasteiger partial charge in [-0.3, -0.25) is 9.59 Å². The summed E-state index contributed by atoms with van der Waals surface area (Å²) in [6.07, 6.45) is 0. The minimum absolute atomic E-state index is 0.0616. The summed E-state index contributed by atoms with van der Waals surface area (Å²) in [5, 5.41) is 2.59. The number of likely N-dealkylation sites (N-methyl/N-ethyl adjacent to an activating group) is 1. The van der Waals surface area contributed by atoms with Crippen molar-refractivity contribution in [2.45, 2.75) is 16.7 Å². The van der Waals surface area contributed by atoms with Gasteiger partial charge in [-0.1, -0.05) is 12.1 Å². The molecule has 2 aromatic rings. The summed E-state index contributed by atoms with van der Waals surface area (Å²) >= 11 is 1.68. The molecule has 1 N–H and O–H groups in total. The normalized spacial score (nSPS) is 13.9. The molecule has 28 heavy (non-hydrogen) atoms. The Kier molecular flexibility index (Phi) is 6.07. The van der Waals surface area contributed by atoms with Gasteiger partial charge in [-0.05, 0) is 36.4 Å². The molecule has 2 amide bonds. The Morgan fingerprint density at radius 3 is 2.50 bits per heavy atom. The lowest BCUT2D eigenvalue weighted by atomic mass is 10.2. The highest BCUT2D eigenvalue weighted by atomic mass is 32.2. The molecule has 0 aromatic heterocycles. The summed E-state index contributed by atoms with van der Waals surface area (Å²) in [6.45, 7) is 1.66. The number of nitrogens with one attached hydrogen (secondary N) is 1. The van der Waals surface area contributed by atoms with E-state index < -0.39 is 10.0 Å². The van der Waals surface area contributed by atoms with E-state index in [1.54, 1.807) is 16.7 Å². The molecule has 0 aliphatic carbocycles. The van der Waals surface area contributed by atoms with Crippen LogP contribution < -0.4 is 10.2 Å². The smallest absolute Gasteiger partial charge is 0.243 e. The average Bonchev–Trinajstić information content (AvgIpc) is 2.67. The van der Waals surface area contributed by atoms with Crippen molar-refractivity contribution >= 4 is 45.0 Å². The highest BCUT2D eigenvalue weighted by Crippen LogP contribution is 2.34. The van der Waals surface area contributed by atoms with Crippen molar-refractivity contribution in [3.63, 3.8) is 0 Å². The van der Waals surface area contributed by atoms with Crippen LogP contribution in [0.1, 0.15) is 6.92 Å².